The average molecular weight is 351 g/mol. The molecule has 2 aromatic rings. The highest BCUT2D eigenvalue weighted by molar-refractivity contribution is 6.42. The van der Waals surface area contributed by atoms with E-state index in [9.17, 15) is 9.59 Å². The number of halogens is 2. The van der Waals surface area contributed by atoms with Crippen molar-refractivity contribution in [3.63, 3.8) is 0 Å². The van der Waals surface area contributed by atoms with Crippen molar-refractivity contribution in [2.75, 3.05) is 12.4 Å². The Balaban J connectivity index is 1.94. The van der Waals surface area contributed by atoms with Gasteiger partial charge >= 0.3 is 0 Å². The Morgan fingerprint density at radius 2 is 1.48 bits per heavy atom. The van der Waals surface area contributed by atoms with Crippen LogP contribution in [0.2, 0.25) is 10.0 Å². The van der Waals surface area contributed by atoms with Gasteiger partial charge in [-0.2, -0.15) is 0 Å². The lowest BCUT2D eigenvalue weighted by Gasteiger charge is -2.07. The quantitative estimate of drug-likeness (QED) is 0.867. The van der Waals surface area contributed by atoms with E-state index in [0.717, 1.165) is 11.1 Å². The molecule has 2 N–H and O–H groups in total. The van der Waals surface area contributed by atoms with Crippen LogP contribution in [-0.2, 0) is 22.4 Å². The summed E-state index contributed by atoms with van der Waals surface area (Å²) >= 11 is 11.8. The maximum Gasteiger partial charge on any atom is 0.228 e. The molecule has 2 amide bonds. The van der Waals surface area contributed by atoms with Gasteiger partial charge < -0.3 is 10.6 Å². The molecule has 0 heterocycles. The lowest BCUT2D eigenvalue weighted by molar-refractivity contribution is -0.120. The van der Waals surface area contributed by atoms with Crippen molar-refractivity contribution in [2.45, 2.75) is 12.8 Å². The molecule has 0 spiro atoms. The van der Waals surface area contributed by atoms with E-state index >= 15 is 0 Å². The number of hydrogen-bond donors (Lipinski definition) is 2. The molecule has 0 saturated heterocycles. The molecule has 0 aliphatic carbocycles. The van der Waals surface area contributed by atoms with Gasteiger partial charge in [0.1, 0.15) is 0 Å². The van der Waals surface area contributed by atoms with Gasteiger partial charge in [-0.1, -0.05) is 41.4 Å². The van der Waals surface area contributed by atoms with E-state index in [-0.39, 0.29) is 18.2 Å². The molecule has 0 aliphatic rings. The molecule has 0 unspecified atom stereocenters. The number of amides is 2. The van der Waals surface area contributed by atoms with E-state index in [4.69, 9.17) is 23.2 Å². The Hall–Kier alpha value is -2.04. The minimum Gasteiger partial charge on any atom is -0.359 e. The first-order chi connectivity index (χ1) is 11.0. The van der Waals surface area contributed by atoms with Crippen LogP contribution in [0.4, 0.5) is 5.69 Å². The number of hydrogen-bond acceptors (Lipinski definition) is 2. The van der Waals surface area contributed by atoms with Crippen molar-refractivity contribution in [2.24, 2.45) is 0 Å². The average Bonchev–Trinajstić information content (AvgIpc) is 2.52. The Morgan fingerprint density at radius 3 is 2.09 bits per heavy atom. The maximum absolute atomic E-state index is 12.0. The highest BCUT2D eigenvalue weighted by atomic mass is 35.5. The first-order valence-electron chi connectivity index (χ1n) is 7.01. The number of carbonyl (C=O) groups excluding carboxylic acids is 2. The molecule has 6 heteroatoms. The topological polar surface area (TPSA) is 58.2 Å². The van der Waals surface area contributed by atoms with Gasteiger partial charge in [0.15, 0.2) is 0 Å². The van der Waals surface area contributed by atoms with Crippen molar-refractivity contribution in [1.82, 2.24) is 5.32 Å². The highest BCUT2D eigenvalue weighted by Crippen LogP contribution is 2.23. The number of nitrogens with one attached hydrogen (secondary N) is 2. The molecule has 120 valence electrons. The first-order valence-corrected chi connectivity index (χ1v) is 7.77. The first kappa shape index (κ1) is 17.3. The Bertz CT molecular complexity index is 715. The molecule has 0 saturated carbocycles. The van der Waals surface area contributed by atoms with Crippen LogP contribution < -0.4 is 10.6 Å². The Morgan fingerprint density at radius 1 is 0.870 bits per heavy atom. The van der Waals surface area contributed by atoms with Crippen LogP contribution in [0.5, 0.6) is 0 Å². The molecular formula is C17H16Cl2N2O2. The van der Waals surface area contributed by atoms with Crippen molar-refractivity contribution in [3.05, 3.63) is 63.6 Å². The zero-order chi connectivity index (χ0) is 16.8. The molecule has 0 fully saturated rings. The van der Waals surface area contributed by atoms with Crippen LogP contribution in [0.1, 0.15) is 11.1 Å². The number of likely N-dealkylation sites (N-methyl/N-ethyl adjacent to an activating group) is 1. The molecular weight excluding hydrogens is 335 g/mol. The van der Waals surface area contributed by atoms with Crippen molar-refractivity contribution in [1.29, 1.82) is 0 Å². The molecule has 4 nitrogen and oxygen atoms in total. The van der Waals surface area contributed by atoms with Crippen LogP contribution in [0.25, 0.3) is 0 Å². The fraction of sp³-hybridized carbons (Fsp3) is 0.176. The minimum atomic E-state index is -0.151. The minimum absolute atomic E-state index is 0.0543. The third kappa shape index (κ3) is 5.27. The molecule has 23 heavy (non-hydrogen) atoms. The summed E-state index contributed by atoms with van der Waals surface area (Å²) in [7, 11) is 1.60. The van der Waals surface area contributed by atoms with Crippen molar-refractivity contribution < 1.29 is 9.59 Å². The summed E-state index contributed by atoms with van der Waals surface area (Å²) in [5, 5.41) is 6.26. The third-order valence-electron chi connectivity index (χ3n) is 3.23. The second-order valence-corrected chi connectivity index (χ2v) is 5.83. The molecule has 0 atom stereocenters. The van der Waals surface area contributed by atoms with Gasteiger partial charge in [-0.05, 0) is 35.4 Å². The van der Waals surface area contributed by atoms with E-state index in [0.29, 0.717) is 22.2 Å². The zero-order valence-corrected chi connectivity index (χ0v) is 14.0. The van der Waals surface area contributed by atoms with E-state index < -0.39 is 0 Å². The normalized spacial score (nSPS) is 10.2. The standard InChI is InChI=1S/C17H16Cl2N2O2/c1-20-16(22)9-11-2-5-13(6-3-11)21-17(23)10-12-4-7-14(18)15(19)8-12/h2-8H,9-10H2,1H3,(H,20,22)(H,21,23). The van der Waals surface area contributed by atoms with Crippen LogP contribution in [0.15, 0.2) is 42.5 Å². The van der Waals surface area contributed by atoms with E-state index in [1.807, 2.05) is 12.1 Å². The van der Waals surface area contributed by atoms with Gasteiger partial charge in [-0.25, -0.2) is 0 Å². The fourth-order valence-electron chi connectivity index (χ4n) is 2.02. The predicted octanol–water partition coefficient (Wildman–Crippen LogP) is 3.46. The Labute approximate surface area is 144 Å². The molecule has 0 aliphatic heterocycles. The van der Waals surface area contributed by atoms with Crippen LogP contribution in [0.3, 0.4) is 0 Å². The molecule has 2 rings (SSSR count). The SMILES string of the molecule is CNC(=O)Cc1ccc(NC(=O)Cc2ccc(Cl)c(Cl)c2)cc1. The highest BCUT2D eigenvalue weighted by Gasteiger charge is 2.07. The summed E-state index contributed by atoms with van der Waals surface area (Å²) in [5.74, 6) is -0.205. The lowest BCUT2D eigenvalue weighted by atomic mass is 10.1. The maximum atomic E-state index is 12.0. The summed E-state index contributed by atoms with van der Waals surface area (Å²) in [6.45, 7) is 0. The predicted molar refractivity (Wildman–Crippen MR) is 93.0 cm³/mol. The molecule has 0 aromatic heterocycles. The third-order valence-corrected chi connectivity index (χ3v) is 3.97. The lowest BCUT2D eigenvalue weighted by Crippen LogP contribution is -2.20. The summed E-state index contributed by atoms with van der Waals surface area (Å²) in [5.41, 5.74) is 2.34. The smallest absolute Gasteiger partial charge is 0.228 e. The van der Waals surface area contributed by atoms with Crippen LogP contribution in [-0.4, -0.2) is 18.9 Å². The number of benzene rings is 2. The van der Waals surface area contributed by atoms with Gasteiger partial charge in [-0.15, -0.1) is 0 Å². The number of carbonyl (C=O) groups is 2. The fourth-order valence-corrected chi connectivity index (χ4v) is 2.34. The monoisotopic (exact) mass is 350 g/mol. The molecule has 2 aromatic carbocycles. The van der Waals surface area contributed by atoms with Crippen molar-refractivity contribution >= 4 is 40.7 Å². The second-order valence-electron chi connectivity index (χ2n) is 5.02. The van der Waals surface area contributed by atoms with Gasteiger partial charge in [-0.3, -0.25) is 9.59 Å². The van der Waals surface area contributed by atoms with Crippen molar-refractivity contribution in [3.8, 4) is 0 Å². The second kappa shape index (κ2) is 7.99. The largest absolute Gasteiger partial charge is 0.359 e. The van der Waals surface area contributed by atoms with Crippen LogP contribution >= 0.6 is 23.2 Å². The summed E-state index contributed by atoms with van der Waals surface area (Å²) < 4.78 is 0. The van der Waals surface area contributed by atoms with Gasteiger partial charge in [0.2, 0.25) is 11.8 Å². The number of rotatable bonds is 5. The molecule has 0 bridgehead atoms. The van der Waals surface area contributed by atoms with Gasteiger partial charge in [0, 0.05) is 12.7 Å². The molecule has 0 radical (unpaired) electrons. The van der Waals surface area contributed by atoms with Crippen LogP contribution in [0, 0.1) is 0 Å². The summed E-state index contributed by atoms with van der Waals surface area (Å²) in [6, 6.07) is 12.3. The van der Waals surface area contributed by atoms with E-state index in [1.54, 1.807) is 37.4 Å². The van der Waals surface area contributed by atoms with E-state index in [1.165, 1.54) is 0 Å². The summed E-state index contributed by atoms with van der Waals surface area (Å²) in [6.07, 6.45) is 0.519. The number of anilines is 1. The van der Waals surface area contributed by atoms with Gasteiger partial charge in [0.25, 0.3) is 0 Å². The Kier molecular flexibility index (Phi) is 6.02. The van der Waals surface area contributed by atoms with E-state index in [2.05, 4.69) is 10.6 Å². The van der Waals surface area contributed by atoms with Gasteiger partial charge in [0.05, 0.1) is 22.9 Å². The summed E-state index contributed by atoms with van der Waals surface area (Å²) in [4.78, 5) is 23.3. The zero-order valence-electron chi connectivity index (χ0n) is 12.5.